The molecule has 160 valence electrons. The Morgan fingerprint density at radius 2 is 1.28 bits per heavy atom. The van der Waals surface area contributed by atoms with E-state index < -0.39 is 0 Å². The van der Waals surface area contributed by atoms with Gasteiger partial charge >= 0.3 is 0 Å². The summed E-state index contributed by atoms with van der Waals surface area (Å²) in [6.45, 7) is 2.37. The van der Waals surface area contributed by atoms with Crippen molar-refractivity contribution in [2.75, 3.05) is 26.2 Å². The first kappa shape index (κ1) is 20.1. The Labute approximate surface area is 187 Å². The predicted molar refractivity (Wildman–Crippen MR) is 126 cm³/mol. The van der Waals surface area contributed by atoms with E-state index in [1.54, 1.807) is 0 Å². The van der Waals surface area contributed by atoms with Crippen LogP contribution in [0.4, 0.5) is 0 Å². The Morgan fingerprint density at radius 3 is 2.03 bits per heavy atom. The fraction of sp³-hybridized carbons (Fsp3) is 0.185. The molecular weight excluding hydrogens is 398 g/mol. The van der Waals surface area contributed by atoms with Crippen LogP contribution >= 0.6 is 0 Å². The van der Waals surface area contributed by atoms with Crippen LogP contribution in [-0.2, 0) is 0 Å². The zero-order valence-electron chi connectivity index (χ0n) is 17.9. The van der Waals surface area contributed by atoms with Crippen LogP contribution < -0.4 is 0 Å². The molecule has 0 N–H and O–H groups in total. The summed E-state index contributed by atoms with van der Waals surface area (Å²) >= 11 is 0. The molecule has 1 fully saturated rings. The van der Waals surface area contributed by atoms with Gasteiger partial charge in [-0.25, -0.2) is 0 Å². The van der Waals surface area contributed by atoms with Crippen LogP contribution in [0.5, 0.6) is 0 Å². The van der Waals surface area contributed by atoms with Gasteiger partial charge in [0.1, 0.15) is 0 Å². The van der Waals surface area contributed by atoms with Gasteiger partial charge in [-0.3, -0.25) is 9.59 Å². The van der Waals surface area contributed by atoms with Crippen LogP contribution in [0.3, 0.4) is 0 Å². The predicted octanol–water partition coefficient (Wildman–Crippen LogP) is 4.62. The largest absolute Gasteiger partial charge is 0.337 e. The number of aromatic nitrogens is 1. The highest BCUT2D eigenvalue weighted by atomic mass is 16.2. The second-order valence-corrected chi connectivity index (χ2v) is 8.10. The molecule has 0 saturated carbocycles. The molecule has 0 spiro atoms. The van der Waals surface area contributed by atoms with Gasteiger partial charge in [0.05, 0.1) is 0 Å². The molecule has 32 heavy (non-hydrogen) atoms. The van der Waals surface area contributed by atoms with Crippen molar-refractivity contribution >= 4 is 22.6 Å². The molecule has 0 radical (unpaired) electrons. The van der Waals surface area contributed by atoms with Crippen molar-refractivity contribution in [3.63, 3.8) is 0 Å². The summed E-state index contributed by atoms with van der Waals surface area (Å²) in [4.78, 5) is 30.1. The lowest BCUT2D eigenvalue weighted by Crippen LogP contribution is -2.37. The van der Waals surface area contributed by atoms with Crippen molar-refractivity contribution in [2.45, 2.75) is 6.42 Å². The highest BCUT2D eigenvalue weighted by Crippen LogP contribution is 2.21. The molecule has 2 amide bonds. The van der Waals surface area contributed by atoms with Crippen LogP contribution in [0.2, 0.25) is 0 Å². The Bertz CT molecular complexity index is 1240. The summed E-state index contributed by atoms with van der Waals surface area (Å²) in [5, 5.41) is 2.04. The van der Waals surface area contributed by atoms with Crippen molar-refractivity contribution in [2.24, 2.45) is 0 Å². The summed E-state index contributed by atoms with van der Waals surface area (Å²) in [7, 11) is 0. The Hall–Kier alpha value is -3.86. The number of carbonyl (C=O) groups excluding carboxylic acids is 2. The lowest BCUT2D eigenvalue weighted by Gasteiger charge is -2.23. The van der Waals surface area contributed by atoms with E-state index in [1.165, 1.54) is 0 Å². The van der Waals surface area contributed by atoms with E-state index in [9.17, 15) is 9.59 Å². The van der Waals surface area contributed by atoms with Gasteiger partial charge in [0.25, 0.3) is 11.8 Å². The molecule has 0 bridgehead atoms. The van der Waals surface area contributed by atoms with Gasteiger partial charge in [-0.2, -0.15) is 0 Å². The molecule has 0 aliphatic carbocycles. The van der Waals surface area contributed by atoms with Crippen LogP contribution in [0, 0.1) is 0 Å². The first-order chi connectivity index (χ1) is 15.7. The van der Waals surface area contributed by atoms with E-state index in [0.717, 1.165) is 28.4 Å². The zero-order chi connectivity index (χ0) is 21.9. The second-order valence-electron chi connectivity index (χ2n) is 8.10. The highest BCUT2D eigenvalue weighted by molar-refractivity contribution is 6.07. The average Bonchev–Trinajstić information content (AvgIpc) is 3.27. The molecule has 5 nitrogen and oxygen atoms in total. The van der Waals surface area contributed by atoms with E-state index in [0.29, 0.717) is 31.7 Å². The number of carbonyl (C=O) groups is 2. The van der Waals surface area contributed by atoms with Crippen LogP contribution in [0.25, 0.3) is 16.5 Å². The molecule has 1 aromatic heterocycles. The summed E-state index contributed by atoms with van der Waals surface area (Å²) in [5.41, 5.74) is 2.42. The van der Waals surface area contributed by atoms with Crippen molar-refractivity contribution in [1.82, 2.24) is 14.4 Å². The number of rotatable bonds is 3. The standard InChI is InChI=1S/C27H25N3O2/c31-26(22-11-13-23(14-12-22)28-15-3-4-16-28)29-17-6-18-30(20-19-29)27(32)25-10-5-8-21-7-1-2-9-24(21)25/h1-5,7-16H,6,17-20H2. The first-order valence-corrected chi connectivity index (χ1v) is 11.0. The monoisotopic (exact) mass is 423 g/mol. The van der Waals surface area contributed by atoms with E-state index in [4.69, 9.17) is 0 Å². The summed E-state index contributed by atoms with van der Waals surface area (Å²) in [6.07, 6.45) is 4.73. The molecule has 3 aromatic carbocycles. The maximum Gasteiger partial charge on any atom is 0.254 e. The number of nitrogens with zero attached hydrogens (tertiary/aromatic N) is 3. The van der Waals surface area contributed by atoms with Gasteiger partial charge in [-0.05, 0) is 59.7 Å². The van der Waals surface area contributed by atoms with Gasteiger partial charge in [0.15, 0.2) is 0 Å². The van der Waals surface area contributed by atoms with Gasteiger partial charge < -0.3 is 14.4 Å². The Morgan fingerprint density at radius 1 is 0.625 bits per heavy atom. The quantitative estimate of drug-likeness (QED) is 0.483. The molecule has 5 heteroatoms. The molecule has 1 aliphatic heterocycles. The van der Waals surface area contributed by atoms with E-state index >= 15 is 0 Å². The topological polar surface area (TPSA) is 45.6 Å². The number of amides is 2. The van der Waals surface area contributed by atoms with Gasteiger partial charge in [-0.1, -0.05) is 36.4 Å². The van der Waals surface area contributed by atoms with Crippen molar-refractivity contribution in [3.05, 3.63) is 102 Å². The highest BCUT2D eigenvalue weighted by Gasteiger charge is 2.24. The molecule has 0 atom stereocenters. The number of benzene rings is 3. The number of hydrogen-bond acceptors (Lipinski definition) is 2. The Kier molecular flexibility index (Phi) is 5.46. The zero-order valence-corrected chi connectivity index (χ0v) is 17.9. The maximum absolute atomic E-state index is 13.3. The normalized spacial score (nSPS) is 14.4. The molecule has 0 unspecified atom stereocenters. The van der Waals surface area contributed by atoms with E-state index in [-0.39, 0.29) is 11.8 Å². The van der Waals surface area contributed by atoms with E-state index in [2.05, 4.69) is 0 Å². The third kappa shape index (κ3) is 3.89. The molecule has 2 heterocycles. The third-order valence-electron chi connectivity index (χ3n) is 6.11. The van der Waals surface area contributed by atoms with Gasteiger partial charge in [0.2, 0.25) is 0 Å². The van der Waals surface area contributed by atoms with Crippen molar-refractivity contribution in [1.29, 1.82) is 0 Å². The summed E-state index contributed by atoms with van der Waals surface area (Å²) in [5.74, 6) is 0.0516. The van der Waals surface area contributed by atoms with E-state index in [1.807, 2.05) is 106 Å². The Balaban J connectivity index is 1.28. The summed E-state index contributed by atoms with van der Waals surface area (Å²) in [6, 6.07) is 25.4. The van der Waals surface area contributed by atoms with Crippen molar-refractivity contribution in [3.8, 4) is 5.69 Å². The van der Waals surface area contributed by atoms with Crippen molar-refractivity contribution < 1.29 is 9.59 Å². The molecule has 4 aromatic rings. The van der Waals surface area contributed by atoms with Crippen LogP contribution in [0.15, 0.2) is 91.3 Å². The minimum atomic E-state index is 0.0171. The number of fused-ring (bicyclic) bond motifs is 1. The molecule has 5 rings (SSSR count). The van der Waals surface area contributed by atoms with Crippen LogP contribution in [0.1, 0.15) is 27.1 Å². The minimum absolute atomic E-state index is 0.0171. The maximum atomic E-state index is 13.3. The van der Waals surface area contributed by atoms with Gasteiger partial charge in [0, 0.05) is 55.4 Å². The average molecular weight is 424 g/mol. The molecular formula is C27H25N3O2. The lowest BCUT2D eigenvalue weighted by atomic mass is 10.0. The fourth-order valence-corrected chi connectivity index (χ4v) is 4.37. The smallest absolute Gasteiger partial charge is 0.254 e. The molecule has 1 aliphatic rings. The molecule has 1 saturated heterocycles. The summed E-state index contributed by atoms with van der Waals surface area (Å²) < 4.78 is 2.01. The fourth-order valence-electron chi connectivity index (χ4n) is 4.37. The SMILES string of the molecule is O=C(c1ccc(-n2cccc2)cc1)N1CCCN(C(=O)c2cccc3ccccc23)CC1. The second kappa shape index (κ2) is 8.71. The minimum Gasteiger partial charge on any atom is -0.337 e. The van der Waals surface area contributed by atoms with Crippen LogP contribution in [-0.4, -0.2) is 52.4 Å². The number of hydrogen-bond donors (Lipinski definition) is 0. The third-order valence-corrected chi connectivity index (χ3v) is 6.11. The van der Waals surface area contributed by atoms with Gasteiger partial charge in [-0.15, -0.1) is 0 Å². The lowest BCUT2D eigenvalue weighted by molar-refractivity contribution is 0.0719. The first-order valence-electron chi connectivity index (χ1n) is 11.0.